The van der Waals surface area contributed by atoms with Gasteiger partial charge < -0.3 is 15.6 Å². The van der Waals surface area contributed by atoms with Gasteiger partial charge in [-0.1, -0.05) is 20.8 Å². The molecule has 0 heterocycles. The van der Waals surface area contributed by atoms with Crippen LogP contribution in [-0.2, 0) is 5.41 Å². The highest BCUT2D eigenvalue weighted by molar-refractivity contribution is 6.00. The number of carbonyl (C=O) groups is 1. The molecule has 0 aliphatic carbocycles. The van der Waals surface area contributed by atoms with Gasteiger partial charge in [0.25, 0.3) is 0 Å². The maximum absolute atomic E-state index is 11.6. The van der Waals surface area contributed by atoms with E-state index in [1.807, 2.05) is 20.8 Å². The van der Waals surface area contributed by atoms with Crippen LogP contribution in [-0.4, -0.2) is 24.5 Å². The second-order valence-corrected chi connectivity index (χ2v) is 4.95. The topological polar surface area (TPSA) is 72.5 Å². The first-order chi connectivity index (χ1) is 7.81. The number of ether oxygens (including phenoxy) is 1. The molecule has 1 rings (SSSR count). The van der Waals surface area contributed by atoms with Gasteiger partial charge in [-0.05, 0) is 23.1 Å². The molecule has 0 atom stereocenters. The number of aromatic hydroxyl groups is 1. The molecule has 0 saturated heterocycles. The molecule has 0 unspecified atom stereocenters. The van der Waals surface area contributed by atoms with Crippen molar-refractivity contribution in [2.24, 2.45) is 5.73 Å². The fourth-order valence-corrected chi connectivity index (χ4v) is 1.52. The summed E-state index contributed by atoms with van der Waals surface area (Å²) in [5.74, 6) is -0.142. The highest BCUT2D eigenvalue weighted by atomic mass is 16.5. The van der Waals surface area contributed by atoms with Crippen molar-refractivity contribution in [2.75, 3.05) is 13.7 Å². The van der Waals surface area contributed by atoms with Gasteiger partial charge in [0.05, 0.1) is 19.2 Å². The van der Waals surface area contributed by atoms with Crippen molar-refractivity contribution in [1.29, 1.82) is 0 Å². The minimum Gasteiger partial charge on any atom is -0.504 e. The summed E-state index contributed by atoms with van der Waals surface area (Å²) < 4.78 is 5.07. The number of ketones is 1. The lowest BCUT2D eigenvalue weighted by Crippen LogP contribution is -2.17. The van der Waals surface area contributed by atoms with Gasteiger partial charge in [0, 0.05) is 0 Å². The van der Waals surface area contributed by atoms with E-state index in [4.69, 9.17) is 10.5 Å². The van der Waals surface area contributed by atoms with Gasteiger partial charge in [-0.25, -0.2) is 0 Å². The van der Waals surface area contributed by atoms with Crippen LogP contribution in [0.4, 0.5) is 0 Å². The highest BCUT2D eigenvalue weighted by Crippen LogP contribution is 2.35. The van der Waals surface area contributed by atoms with Gasteiger partial charge in [-0.3, -0.25) is 4.79 Å². The minimum atomic E-state index is -0.299. The number of Topliss-reactive ketones (excluding diaryl/α,β-unsaturated/α-hetero) is 1. The van der Waals surface area contributed by atoms with E-state index in [1.165, 1.54) is 7.11 Å². The first-order valence-corrected chi connectivity index (χ1v) is 5.46. The number of phenols is 1. The lowest BCUT2D eigenvalue weighted by molar-refractivity contribution is 0.0998. The maximum Gasteiger partial charge on any atom is 0.180 e. The molecule has 0 radical (unpaired) electrons. The second-order valence-electron chi connectivity index (χ2n) is 4.95. The molecule has 0 aromatic heterocycles. The Kier molecular flexibility index (Phi) is 3.78. The van der Waals surface area contributed by atoms with Crippen LogP contribution in [0.2, 0.25) is 0 Å². The third-order valence-corrected chi connectivity index (χ3v) is 2.65. The van der Waals surface area contributed by atoms with Gasteiger partial charge in [0.2, 0.25) is 0 Å². The van der Waals surface area contributed by atoms with Crippen molar-refractivity contribution in [3.05, 3.63) is 23.3 Å². The number of rotatable bonds is 3. The van der Waals surface area contributed by atoms with Crippen molar-refractivity contribution in [3.8, 4) is 11.5 Å². The summed E-state index contributed by atoms with van der Waals surface area (Å²) in [5.41, 5.74) is 6.33. The van der Waals surface area contributed by atoms with Crippen LogP contribution in [0, 0.1) is 0 Å². The van der Waals surface area contributed by atoms with Crippen LogP contribution < -0.4 is 10.5 Å². The monoisotopic (exact) mass is 237 g/mol. The third-order valence-electron chi connectivity index (χ3n) is 2.65. The Balaban J connectivity index is 3.44. The van der Waals surface area contributed by atoms with Crippen LogP contribution in [0.5, 0.6) is 11.5 Å². The molecule has 3 N–H and O–H groups in total. The quantitative estimate of drug-likeness (QED) is 0.787. The van der Waals surface area contributed by atoms with E-state index in [2.05, 4.69) is 0 Å². The van der Waals surface area contributed by atoms with Crippen molar-refractivity contribution in [2.45, 2.75) is 26.2 Å². The number of hydrogen-bond acceptors (Lipinski definition) is 4. The molecule has 1 aromatic rings. The largest absolute Gasteiger partial charge is 0.504 e. The lowest BCUT2D eigenvalue weighted by Gasteiger charge is -2.21. The highest BCUT2D eigenvalue weighted by Gasteiger charge is 2.21. The fourth-order valence-electron chi connectivity index (χ4n) is 1.52. The number of benzene rings is 1. The summed E-state index contributed by atoms with van der Waals surface area (Å²) in [7, 11) is 1.46. The SMILES string of the molecule is COc1cc(C(C)(C)C)cc(C(=O)CN)c1O. The van der Waals surface area contributed by atoms with Gasteiger partial charge in [0.1, 0.15) is 0 Å². The van der Waals surface area contributed by atoms with Gasteiger partial charge in [0.15, 0.2) is 17.3 Å². The van der Waals surface area contributed by atoms with Crippen molar-refractivity contribution in [3.63, 3.8) is 0 Å². The lowest BCUT2D eigenvalue weighted by atomic mass is 9.85. The Bertz CT molecular complexity index is 433. The minimum absolute atomic E-state index is 0.134. The fraction of sp³-hybridized carbons (Fsp3) is 0.462. The molecule has 94 valence electrons. The Morgan fingerprint density at radius 2 is 2.00 bits per heavy atom. The van der Waals surface area contributed by atoms with E-state index in [0.717, 1.165) is 5.56 Å². The molecule has 0 aliphatic rings. The zero-order chi connectivity index (χ0) is 13.2. The van der Waals surface area contributed by atoms with Crippen LogP contribution >= 0.6 is 0 Å². The summed E-state index contributed by atoms with van der Waals surface area (Å²) in [5, 5.41) is 9.88. The summed E-state index contributed by atoms with van der Waals surface area (Å²) in [4.78, 5) is 11.6. The van der Waals surface area contributed by atoms with Crippen molar-refractivity contribution < 1.29 is 14.6 Å². The number of methoxy groups -OCH3 is 1. The first-order valence-electron chi connectivity index (χ1n) is 5.46. The van der Waals surface area contributed by atoms with Gasteiger partial charge >= 0.3 is 0 Å². The molecule has 0 aliphatic heterocycles. The van der Waals surface area contributed by atoms with Crippen molar-refractivity contribution in [1.82, 2.24) is 0 Å². The Hall–Kier alpha value is -1.55. The van der Waals surface area contributed by atoms with Crippen LogP contribution in [0.1, 0.15) is 36.7 Å². The Labute approximate surface area is 101 Å². The summed E-state index contributed by atoms with van der Waals surface area (Å²) in [6.45, 7) is 5.94. The van der Waals surface area contributed by atoms with E-state index in [9.17, 15) is 9.90 Å². The van der Waals surface area contributed by atoms with E-state index in [1.54, 1.807) is 12.1 Å². The summed E-state index contributed by atoms with van der Waals surface area (Å²) in [6, 6.07) is 3.41. The summed E-state index contributed by atoms with van der Waals surface area (Å²) in [6.07, 6.45) is 0. The van der Waals surface area contributed by atoms with E-state index >= 15 is 0 Å². The molecule has 0 fully saturated rings. The first kappa shape index (κ1) is 13.5. The number of nitrogens with two attached hydrogens (primary N) is 1. The molecule has 17 heavy (non-hydrogen) atoms. The molecule has 1 aromatic carbocycles. The zero-order valence-corrected chi connectivity index (χ0v) is 10.7. The normalized spacial score (nSPS) is 11.4. The summed E-state index contributed by atoms with van der Waals surface area (Å²) >= 11 is 0. The maximum atomic E-state index is 11.6. The predicted octanol–water partition coefficient (Wildman–Crippen LogP) is 1.84. The number of hydrogen-bond donors (Lipinski definition) is 2. The van der Waals surface area contributed by atoms with Crippen LogP contribution in [0.25, 0.3) is 0 Å². The van der Waals surface area contributed by atoms with Crippen molar-refractivity contribution >= 4 is 5.78 Å². The van der Waals surface area contributed by atoms with Gasteiger partial charge in [-0.15, -0.1) is 0 Å². The predicted molar refractivity (Wildman–Crippen MR) is 66.7 cm³/mol. The van der Waals surface area contributed by atoms with Crippen LogP contribution in [0.3, 0.4) is 0 Å². The molecular weight excluding hydrogens is 218 g/mol. The third kappa shape index (κ3) is 2.77. The average Bonchev–Trinajstić information content (AvgIpc) is 2.26. The molecular formula is C13H19NO3. The number of carbonyl (C=O) groups excluding carboxylic acids is 1. The molecule has 0 amide bonds. The second kappa shape index (κ2) is 4.75. The molecule has 0 saturated carbocycles. The molecule has 4 heteroatoms. The standard InChI is InChI=1S/C13H19NO3/c1-13(2,3)8-5-9(10(15)7-14)12(16)11(6-8)17-4/h5-6,16H,7,14H2,1-4H3. The molecule has 0 spiro atoms. The molecule has 0 bridgehead atoms. The smallest absolute Gasteiger partial charge is 0.180 e. The number of phenolic OH excluding ortho intramolecular Hbond substituents is 1. The van der Waals surface area contributed by atoms with Crippen LogP contribution in [0.15, 0.2) is 12.1 Å². The average molecular weight is 237 g/mol. The zero-order valence-electron chi connectivity index (χ0n) is 10.7. The molecule has 4 nitrogen and oxygen atoms in total. The Morgan fingerprint density at radius 1 is 1.41 bits per heavy atom. The van der Waals surface area contributed by atoms with E-state index < -0.39 is 0 Å². The van der Waals surface area contributed by atoms with Gasteiger partial charge in [-0.2, -0.15) is 0 Å². The van der Waals surface area contributed by atoms with E-state index in [0.29, 0.717) is 5.75 Å². The van der Waals surface area contributed by atoms with E-state index in [-0.39, 0.29) is 29.1 Å². The Morgan fingerprint density at radius 3 is 2.41 bits per heavy atom.